The van der Waals surface area contributed by atoms with Crippen molar-refractivity contribution in [3.8, 4) is 5.75 Å². The van der Waals surface area contributed by atoms with E-state index in [-0.39, 0.29) is 30.0 Å². The molecule has 1 aliphatic carbocycles. The third-order valence-electron chi connectivity index (χ3n) is 6.19. The summed E-state index contributed by atoms with van der Waals surface area (Å²) in [6.45, 7) is 0.130. The van der Waals surface area contributed by atoms with Crippen molar-refractivity contribution in [3.05, 3.63) is 87.9 Å². The smallest absolute Gasteiger partial charge is 0.265 e. The molecular weight excluding hydrogens is 451 g/mol. The Bertz CT molecular complexity index is 1110. The lowest BCUT2D eigenvalue weighted by molar-refractivity contribution is -0.127. The van der Waals surface area contributed by atoms with Gasteiger partial charge in [0, 0.05) is 18.2 Å². The number of thiophene rings is 1. The Labute approximate surface area is 203 Å². The van der Waals surface area contributed by atoms with Crippen LogP contribution in [-0.2, 0) is 11.3 Å². The number of halogens is 1. The summed E-state index contributed by atoms with van der Waals surface area (Å²) in [5, 5.41) is 4.93. The first-order chi connectivity index (χ1) is 16.6. The van der Waals surface area contributed by atoms with Crippen molar-refractivity contribution in [2.75, 3.05) is 7.11 Å². The van der Waals surface area contributed by atoms with E-state index < -0.39 is 11.9 Å². The van der Waals surface area contributed by atoms with Gasteiger partial charge in [-0.15, -0.1) is 11.3 Å². The van der Waals surface area contributed by atoms with Gasteiger partial charge in [-0.1, -0.05) is 55.7 Å². The fourth-order valence-corrected chi connectivity index (χ4v) is 5.14. The molecule has 1 N–H and O–H groups in total. The Morgan fingerprint density at radius 2 is 1.88 bits per heavy atom. The number of ether oxygens (including phenoxy) is 1. The van der Waals surface area contributed by atoms with Crippen LogP contribution >= 0.6 is 11.3 Å². The standard InChI is InChI=1S/C27H29FN2O3S/c1-33-21-12-7-9-19(17-21)18-30(27(32)24-15-8-16-34-24)25(22-13-5-6-14-23(22)28)26(31)29-20-10-3-2-4-11-20/h5-9,12-17,20,25H,2-4,10-11,18H2,1H3,(H,29,31)/t25-/m1/s1. The van der Waals surface area contributed by atoms with Crippen LogP contribution < -0.4 is 10.1 Å². The Balaban J connectivity index is 1.75. The third-order valence-corrected chi connectivity index (χ3v) is 7.05. The van der Waals surface area contributed by atoms with Crippen LogP contribution in [0.3, 0.4) is 0 Å². The minimum absolute atomic E-state index is 0.0334. The van der Waals surface area contributed by atoms with Gasteiger partial charge in [-0.2, -0.15) is 0 Å². The van der Waals surface area contributed by atoms with Crippen molar-refractivity contribution >= 4 is 23.2 Å². The molecule has 5 nitrogen and oxygen atoms in total. The van der Waals surface area contributed by atoms with Crippen LogP contribution in [0.25, 0.3) is 0 Å². The molecule has 2 amide bonds. The minimum atomic E-state index is -1.11. The number of hydrogen-bond donors (Lipinski definition) is 1. The molecule has 1 aromatic heterocycles. The van der Waals surface area contributed by atoms with Gasteiger partial charge in [0.25, 0.3) is 5.91 Å². The zero-order chi connectivity index (χ0) is 23.9. The normalized spacial score (nSPS) is 14.9. The third kappa shape index (κ3) is 5.65. The number of carbonyl (C=O) groups excluding carboxylic acids is 2. The topological polar surface area (TPSA) is 58.6 Å². The van der Waals surface area contributed by atoms with E-state index in [1.165, 1.54) is 22.3 Å². The predicted molar refractivity (Wildman–Crippen MR) is 131 cm³/mol. The van der Waals surface area contributed by atoms with Gasteiger partial charge in [0.1, 0.15) is 17.6 Å². The van der Waals surface area contributed by atoms with E-state index >= 15 is 4.39 Å². The predicted octanol–water partition coefficient (Wildman–Crippen LogP) is 5.73. The minimum Gasteiger partial charge on any atom is -0.497 e. The quantitative estimate of drug-likeness (QED) is 0.448. The molecule has 3 aromatic rings. The molecule has 7 heteroatoms. The fourth-order valence-electron chi connectivity index (χ4n) is 4.46. The molecule has 1 aliphatic rings. The second kappa shape index (κ2) is 11.3. The summed E-state index contributed by atoms with van der Waals surface area (Å²) in [6, 6.07) is 16.0. The summed E-state index contributed by atoms with van der Waals surface area (Å²) >= 11 is 1.30. The summed E-state index contributed by atoms with van der Waals surface area (Å²) in [7, 11) is 1.58. The van der Waals surface area contributed by atoms with Crippen molar-refractivity contribution < 1.29 is 18.7 Å². The number of nitrogens with one attached hydrogen (secondary N) is 1. The Hall–Kier alpha value is -3.19. The summed E-state index contributed by atoms with van der Waals surface area (Å²) in [4.78, 5) is 29.4. The van der Waals surface area contributed by atoms with Gasteiger partial charge in [0.2, 0.25) is 5.91 Å². The van der Waals surface area contributed by atoms with E-state index in [1.807, 2.05) is 29.6 Å². The lowest BCUT2D eigenvalue weighted by atomic mass is 9.94. The molecule has 0 aliphatic heterocycles. The largest absolute Gasteiger partial charge is 0.497 e. The molecule has 1 fully saturated rings. The molecule has 34 heavy (non-hydrogen) atoms. The van der Waals surface area contributed by atoms with Crippen LogP contribution in [0.4, 0.5) is 4.39 Å². The van der Waals surface area contributed by atoms with Gasteiger partial charge < -0.3 is 15.0 Å². The maximum absolute atomic E-state index is 15.1. The highest BCUT2D eigenvalue weighted by atomic mass is 32.1. The van der Waals surface area contributed by atoms with Gasteiger partial charge >= 0.3 is 0 Å². The first kappa shape index (κ1) is 24.0. The average Bonchev–Trinajstić information content (AvgIpc) is 3.40. The van der Waals surface area contributed by atoms with Crippen LogP contribution in [0.5, 0.6) is 5.75 Å². The Morgan fingerprint density at radius 3 is 2.59 bits per heavy atom. The number of nitrogens with zero attached hydrogens (tertiary/aromatic N) is 1. The summed E-state index contributed by atoms with van der Waals surface area (Å²) in [5.41, 5.74) is 0.972. The van der Waals surface area contributed by atoms with E-state index in [2.05, 4.69) is 5.32 Å². The number of methoxy groups -OCH3 is 1. The molecule has 4 rings (SSSR count). The van der Waals surface area contributed by atoms with Gasteiger partial charge in [-0.3, -0.25) is 9.59 Å². The zero-order valence-electron chi connectivity index (χ0n) is 19.2. The zero-order valence-corrected chi connectivity index (χ0v) is 20.0. The number of hydrogen-bond acceptors (Lipinski definition) is 4. The van der Waals surface area contributed by atoms with Gasteiger partial charge in [0.05, 0.1) is 12.0 Å². The van der Waals surface area contributed by atoms with Gasteiger partial charge in [-0.05, 0) is 48.1 Å². The SMILES string of the molecule is COc1cccc(CN(C(=O)c2cccs2)[C@@H](C(=O)NC2CCCCC2)c2ccccc2F)c1. The summed E-state index contributed by atoms with van der Waals surface area (Å²) < 4.78 is 20.4. The first-order valence-corrected chi connectivity index (χ1v) is 12.5. The fraction of sp³-hybridized carbons (Fsp3) is 0.333. The highest BCUT2D eigenvalue weighted by molar-refractivity contribution is 7.12. The van der Waals surface area contributed by atoms with Crippen LogP contribution in [0.15, 0.2) is 66.0 Å². The number of benzene rings is 2. The van der Waals surface area contributed by atoms with Crippen molar-refractivity contribution in [1.29, 1.82) is 0 Å². The van der Waals surface area contributed by atoms with Crippen LogP contribution in [0.2, 0.25) is 0 Å². The molecule has 0 saturated heterocycles. The molecule has 1 saturated carbocycles. The van der Waals surface area contributed by atoms with Crippen molar-refractivity contribution in [1.82, 2.24) is 10.2 Å². The second-order valence-corrected chi connectivity index (χ2v) is 9.48. The molecule has 178 valence electrons. The average molecular weight is 481 g/mol. The van der Waals surface area contributed by atoms with Crippen molar-refractivity contribution in [2.45, 2.75) is 50.7 Å². The molecule has 1 atom stereocenters. The molecule has 0 bridgehead atoms. The Morgan fingerprint density at radius 1 is 1.09 bits per heavy atom. The molecule has 0 radical (unpaired) electrons. The van der Waals surface area contributed by atoms with Crippen molar-refractivity contribution in [2.24, 2.45) is 0 Å². The Kier molecular flexibility index (Phi) is 7.95. The second-order valence-electron chi connectivity index (χ2n) is 8.53. The highest BCUT2D eigenvalue weighted by Gasteiger charge is 2.35. The van der Waals surface area contributed by atoms with E-state index in [4.69, 9.17) is 4.74 Å². The molecular formula is C27H29FN2O3S. The van der Waals surface area contributed by atoms with Crippen LogP contribution in [0.1, 0.15) is 58.9 Å². The van der Waals surface area contributed by atoms with Crippen LogP contribution in [-0.4, -0.2) is 29.9 Å². The number of amides is 2. The highest BCUT2D eigenvalue weighted by Crippen LogP contribution is 2.30. The number of carbonyl (C=O) groups is 2. The van der Waals surface area contributed by atoms with E-state index in [0.717, 1.165) is 37.7 Å². The maximum Gasteiger partial charge on any atom is 0.265 e. The summed E-state index contributed by atoms with van der Waals surface area (Å²) in [5.74, 6) is -0.536. The summed E-state index contributed by atoms with van der Waals surface area (Å²) in [6.07, 6.45) is 5.05. The van der Waals surface area contributed by atoms with Crippen molar-refractivity contribution in [3.63, 3.8) is 0 Å². The molecule has 0 spiro atoms. The lowest BCUT2D eigenvalue weighted by Crippen LogP contribution is -2.47. The monoisotopic (exact) mass is 480 g/mol. The van der Waals surface area contributed by atoms with E-state index in [0.29, 0.717) is 10.6 Å². The van der Waals surface area contributed by atoms with E-state index in [1.54, 1.807) is 37.4 Å². The molecule has 1 heterocycles. The van der Waals surface area contributed by atoms with Crippen LogP contribution in [0, 0.1) is 5.82 Å². The first-order valence-electron chi connectivity index (χ1n) is 11.6. The van der Waals surface area contributed by atoms with E-state index in [9.17, 15) is 9.59 Å². The number of rotatable bonds is 8. The molecule has 2 aromatic carbocycles. The lowest BCUT2D eigenvalue weighted by Gasteiger charge is -2.33. The molecule has 0 unspecified atom stereocenters. The van der Waals surface area contributed by atoms with Gasteiger partial charge in [0.15, 0.2) is 0 Å². The van der Waals surface area contributed by atoms with Gasteiger partial charge in [-0.25, -0.2) is 4.39 Å². The maximum atomic E-state index is 15.1.